The molecule has 0 radical (unpaired) electrons. The van der Waals surface area contributed by atoms with Gasteiger partial charge in [0.15, 0.2) is 0 Å². The molecule has 7 heteroatoms. The largest absolute Gasteiger partial charge is 0.480 e. The molecule has 0 bridgehead atoms. The Morgan fingerprint density at radius 1 is 1.25 bits per heavy atom. The minimum absolute atomic E-state index is 0.133. The lowest BCUT2D eigenvalue weighted by molar-refractivity contribution is -0.138. The number of hydrogen-bond acceptors (Lipinski definition) is 6. The van der Waals surface area contributed by atoms with Gasteiger partial charge in [-0.3, -0.25) is 14.6 Å². The predicted octanol–water partition coefficient (Wildman–Crippen LogP) is 0.111. The Bertz CT molecular complexity index is 429. The molecule has 0 unspecified atom stereocenters. The monoisotopic (exact) mass is 279 g/mol. The molecule has 1 aromatic rings. The van der Waals surface area contributed by atoms with Gasteiger partial charge in [0, 0.05) is 57.2 Å². The highest BCUT2D eigenvalue weighted by Crippen LogP contribution is 2.08. The quantitative estimate of drug-likeness (QED) is 0.765. The van der Waals surface area contributed by atoms with Crippen LogP contribution in [-0.2, 0) is 11.3 Å². The van der Waals surface area contributed by atoms with E-state index >= 15 is 0 Å². The zero-order chi connectivity index (χ0) is 14.4. The van der Waals surface area contributed by atoms with Gasteiger partial charge in [-0.25, -0.2) is 9.97 Å². The summed E-state index contributed by atoms with van der Waals surface area (Å²) in [6, 6.07) is 0. The van der Waals surface area contributed by atoms with E-state index < -0.39 is 5.97 Å². The number of nitrogens with zero attached hydrogens (tertiary/aromatic N) is 4. The first kappa shape index (κ1) is 14.7. The lowest BCUT2D eigenvalue weighted by Gasteiger charge is -2.33. The summed E-state index contributed by atoms with van der Waals surface area (Å²) < 4.78 is 0. The minimum Gasteiger partial charge on any atom is -0.480 e. The van der Waals surface area contributed by atoms with Crippen molar-refractivity contribution >= 4 is 11.9 Å². The van der Waals surface area contributed by atoms with E-state index in [-0.39, 0.29) is 6.54 Å². The molecular weight excluding hydrogens is 258 g/mol. The molecule has 1 aliphatic heterocycles. The van der Waals surface area contributed by atoms with Crippen LogP contribution in [0, 0.1) is 0 Å². The number of piperazine rings is 1. The molecule has 7 nitrogen and oxygen atoms in total. The normalized spacial score (nSPS) is 17.1. The summed E-state index contributed by atoms with van der Waals surface area (Å²) in [4.78, 5) is 23.4. The van der Waals surface area contributed by atoms with Gasteiger partial charge in [0.25, 0.3) is 0 Å². The maximum Gasteiger partial charge on any atom is 0.317 e. The van der Waals surface area contributed by atoms with E-state index in [1.54, 1.807) is 0 Å². The van der Waals surface area contributed by atoms with Crippen LogP contribution in [0.15, 0.2) is 12.4 Å². The Balaban J connectivity index is 1.78. The number of carbonyl (C=O) groups is 1. The molecule has 110 valence electrons. The molecule has 0 spiro atoms. The fourth-order valence-corrected chi connectivity index (χ4v) is 2.24. The molecule has 0 aromatic carbocycles. The Labute approximate surface area is 118 Å². The molecule has 1 aromatic heterocycles. The topological polar surface area (TPSA) is 81.6 Å². The minimum atomic E-state index is -0.758. The molecule has 1 fully saturated rings. The van der Waals surface area contributed by atoms with Gasteiger partial charge in [0.05, 0.1) is 6.54 Å². The fraction of sp³-hybridized carbons (Fsp3) is 0.615. The van der Waals surface area contributed by atoms with Gasteiger partial charge in [-0.2, -0.15) is 0 Å². The van der Waals surface area contributed by atoms with E-state index in [0.717, 1.165) is 44.8 Å². The summed E-state index contributed by atoms with van der Waals surface area (Å²) in [5.74, 6) is -0.103. The third-order valence-electron chi connectivity index (χ3n) is 3.27. The Kier molecular flexibility index (Phi) is 5.25. The number of hydrogen-bond donors (Lipinski definition) is 2. The van der Waals surface area contributed by atoms with Crippen LogP contribution in [0.1, 0.15) is 12.5 Å². The lowest BCUT2D eigenvalue weighted by atomic mass is 10.2. The van der Waals surface area contributed by atoms with E-state index in [2.05, 4.69) is 20.2 Å². The first-order valence-electron chi connectivity index (χ1n) is 6.88. The summed E-state index contributed by atoms with van der Waals surface area (Å²) in [6.45, 7) is 7.11. The van der Waals surface area contributed by atoms with Gasteiger partial charge in [-0.15, -0.1) is 0 Å². The van der Waals surface area contributed by atoms with Gasteiger partial charge in [-0.05, 0) is 6.92 Å². The van der Waals surface area contributed by atoms with Crippen molar-refractivity contribution < 1.29 is 9.90 Å². The highest BCUT2D eigenvalue weighted by atomic mass is 16.4. The average Bonchev–Trinajstić information content (AvgIpc) is 2.43. The number of aromatic nitrogens is 2. The molecule has 0 atom stereocenters. The highest BCUT2D eigenvalue weighted by Gasteiger charge is 2.18. The second-order valence-corrected chi connectivity index (χ2v) is 4.89. The first-order chi connectivity index (χ1) is 9.67. The Morgan fingerprint density at radius 3 is 2.40 bits per heavy atom. The van der Waals surface area contributed by atoms with Crippen LogP contribution in [0.25, 0.3) is 0 Å². The van der Waals surface area contributed by atoms with Crippen LogP contribution in [0.4, 0.5) is 5.95 Å². The maximum atomic E-state index is 10.6. The molecule has 2 heterocycles. The van der Waals surface area contributed by atoms with E-state index in [1.807, 2.05) is 24.2 Å². The number of anilines is 1. The van der Waals surface area contributed by atoms with E-state index in [1.165, 1.54) is 0 Å². The Morgan fingerprint density at radius 2 is 1.85 bits per heavy atom. The maximum absolute atomic E-state index is 10.6. The summed E-state index contributed by atoms with van der Waals surface area (Å²) in [7, 11) is 0. The molecule has 0 aliphatic carbocycles. The number of rotatable bonds is 6. The molecule has 2 rings (SSSR count). The Hall–Kier alpha value is -1.73. The van der Waals surface area contributed by atoms with E-state index in [9.17, 15) is 4.79 Å². The zero-order valence-corrected chi connectivity index (χ0v) is 11.7. The average molecular weight is 279 g/mol. The third kappa shape index (κ3) is 4.43. The van der Waals surface area contributed by atoms with Crippen molar-refractivity contribution in [2.45, 2.75) is 13.5 Å². The van der Waals surface area contributed by atoms with Crippen LogP contribution in [0.2, 0.25) is 0 Å². The third-order valence-corrected chi connectivity index (χ3v) is 3.27. The van der Waals surface area contributed by atoms with Crippen molar-refractivity contribution in [3.8, 4) is 0 Å². The van der Waals surface area contributed by atoms with Crippen LogP contribution in [0.5, 0.6) is 0 Å². The van der Waals surface area contributed by atoms with E-state index in [4.69, 9.17) is 5.11 Å². The van der Waals surface area contributed by atoms with Crippen LogP contribution in [0.3, 0.4) is 0 Å². The van der Waals surface area contributed by atoms with Crippen molar-refractivity contribution in [3.63, 3.8) is 0 Å². The van der Waals surface area contributed by atoms with Gasteiger partial charge in [0.2, 0.25) is 5.95 Å². The van der Waals surface area contributed by atoms with Gasteiger partial charge < -0.3 is 10.4 Å². The molecule has 0 amide bonds. The first-order valence-corrected chi connectivity index (χ1v) is 6.88. The molecular formula is C13H21N5O2. The van der Waals surface area contributed by atoms with Crippen molar-refractivity contribution in [2.24, 2.45) is 0 Å². The second kappa shape index (κ2) is 7.16. The van der Waals surface area contributed by atoms with Crippen LogP contribution in [-0.4, -0.2) is 70.1 Å². The molecule has 2 N–H and O–H groups in total. The number of aliphatic carboxylic acids is 1. The van der Waals surface area contributed by atoms with Crippen molar-refractivity contribution in [1.82, 2.24) is 19.8 Å². The summed E-state index contributed by atoms with van der Waals surface area (Å²) >= 11 is 0. The van der Waals surface area contributed by atoms with Gasteiger partial charge in [-0.1, -0.05) is 0 Å². The molecule has 0 saturated carbocycles. The lowest BCUT2D eigenvalue weighted by Crippen LogP contribution is -2.47. The summed E-state index contributed by atoms with van der Waals surface area (Å²) in [6.07, 6.45) is 3.68. The van der Waals surface area contributed by atoms with E-state index in [0.29, 0.717) is 5.95 Å². The van der Waals surface area contributed by atoms with Crippen molar-refractivity contribution in [3.05, 3.63) is 18.0 Å². The summed E-state index contributed by atoms with van der Waals surface area (Å²) in [5.41, 5.74) is 1.08. The molecule has 1 saturated heterocycles. The fourth-order valence-electron chi connectivity index (χ4n) is 2.24. The second-order valence-electron chi connectivity index (χ2n) is 4.89. The van der Waals surface area contributed by atoms with Gasteiger partial charge in [0.1, 0.15) is 0 Å². The van der Waals surface area contributed by atoms with Crippen LogP contribution < -0.4 is 5.32 Å². The predicted molar refractivity (Wildman–Crippen MR) is 75.5 cm³/mol. The van der Waals surface area contributed by atoms with Gasteiger partial charge >= 0.3 is 5.97 Å². The number of carboxylic acids is 1. The van der Waals surface area contributed by atoms with Crippen molar-refractivity contribution in [1.29, 1.82) is 0 Å². The zero-order valence-electron chi connectivity index (χ0n) is 11.7. The highest BCUT2D eigenvalue weighted by molar-refractivity contribution is 5.69. The molecule has 1 aliphatic rings. The SMILES string of the molecule is CCNc1ncc(CN2CCN(CC(=O)O)CC2)cn1. The number of carboxylic acid groups (broad SMARTS) is 1. The van der Waals surface area contributed by atoms with Crippen LogP contribution >= 0.6 is 0 Å². The molecule has 20 heavy (non-hydrogen) atoms. The van der Waals surface area contributed by atoms with Crippen molar-refractivity contribution in [2.75, 3.05) is 44.6 Å². The smallest absolute Gasteiger partial charge is 0.317 e. The number of nitrogens with one attached hydrogen (secondary N) is 1. The summed E-state index contributed by atoms with van der Waals surface area (Å²) in [5, 5.41) is 11.8. The standard InChI is InChI=1S/C13H21N5O2/c1-2-14-13-15-7-11(8-16-13)9-17-3-5-18(6-4-17)10-12(19)20/h7-8H,2-6,9-10H2,1H3,(H,19,20)(H,14,15,16).